The van der Waals surface area contributed by atoms with Gasteiger partial charge in [-0.05, 0) is 44.4 Å². The molecule has 0 aromatic heterocycles. The maximum absolute atomic E-state index is 3.79. The van der Waals surface area contributed by atoms with Crippen molar-refractivity contribution < 1.29 is 0 Å². The molecule has 0 bridgehead atoms. The van der Waals surface area contributed by atoms with Crippen molar-refractivity contribution in [3.8, 4) is 0 Å². The lowest BCUT2D eigenvalue weighted by atomic mass is 9.80. The molecule has 1 saturated heterocycles. The van der Waals surface area contributed by atoms with Crippen molar-refractivity contribution in [2.45, 2.75) is 84.2 Å². The maximum Gasteiger partial charge on any atom is 0.0278 e. The number of hydrogen-bond acceptors (Lipinski definition) is 2. The molecular weight excluding hydrogens is 244 g/mol. The summed E-state index contributed by atoms with van der Waals surface area (Å²) >= 11 is 0. The standard InChI is InChI=1S/C18H36N2/c1-5-15-8-10-16(11-9-15)13-20-14-18(4,7-3)19-12-17(20)6-2/h15-17,19H,5-14H2,1-4H3. The first-order valence-corrected chi connectivity index (χ1v) is 9.09. The molecule has 1 N–H and O–H groups in total. The molecule has 2 heteroatoms. The minimum atomic E-state index is 0.340. The maximum atomic E-state index is 3.79. The Morgan fingerprint density at radius 3 is 2.20 bits per heavy atom. The van der Waals surface area contributed by atoms with Gasteiger partial charge < -0.3 is 5.32 Å². The molecule has 2 fully saturated rings. The monoisotopic (exact) mass is 280 g/mol. The molecule has 2 nitrogen and oxygen atoms in total. The highest BCUT2D eigenvalue weighted by atomic mass is 15.2. The summed E-state index contributed by atoms with van der Waals surface area (Å²) in [5.74, 6) is 1.99. The van der Waals surface area contributed by atoms with E-state index < -0.39 is 0 Å². The van der Waals surface area contributed by atoms with Crippen molar-refractivity contribution in [2.75, 3.05) is 19.6 Å². The van der Waals surface area contributed by atoms with E-state index in [4.69, 9.17) is 0 Å². The summed E-state index contributed by atoms with van der Waals surface area (Å²) in [6, 6.07) is 0.763. The van der Waals surface area contributed by atoms with Gasteiger partial charge >= 0.3 is 0 Å². The largest absolute Gasteiger partial charge is 0.309 e. The Kier molecular flexibility index (Phi) is 5.92. The van der Waals surface area contributed by atoms with Crippen LogP contribution in [-0.2, 0) is 0 Å². The van der Waals surface area contributed by atoms with Gasteiger partial charge in [-0.1, -0.05) is 40.0 Å². The first-order chi connectivity index (χ1) is 9.60. The molecule has 1 aliphatic carbocycles. The first kappa shape index (κ1) is 16.3. The van der Waals surface area contributed by atoms with Crippen LogP contribution in [0.4, 0.5) is 0 Å². The highest BCUT2D eigenvalue weighted by Crippen LogP contribution is 2.32. The lowest BCUT2D eigenvalue weighted by Gasteiger charge is -2.47. The van der Waals surface area contributed by atoms with Crippen LogP contribution in [0.5, 0.6) is 0 Å². The Balaban J connectivity index is 1.88. The zero-order valence-electron chi connectivity index (χ0n) is 14.3. The Labute approximate surface area is 126 Å². The van der Waals surface area contributed by atoms with Crippen LogP contribution in [0, 0.1) is 11.8 Å². The number of nitrogens with one attached hydrogen (secondary N) is 1. The van der Waals surface area contributed by atoms with Crippen LogP contribution < -0.4 is 5.32 Å². The Bertz CT molecular complexity index is 283. The summed E-state index contributed by atoms with van der Waals surface area (Å²) in [6.07, 6.45) is 9.83. The fourth-order valence-corrected chi connectivity index (χ4v) is 4.13. The van der Waals surface area contributed by atoms with Crippen LogP contribution in [0.25, 0.3) is 0 Å². The van der Waals surface area contributed by atoms with Gasteiger partial charge in [-0.2, -0.15) is 0 Å². The molecule has 1 saturated carbocycles. The van der Waals surface area contributed by atoms with E-state index in [-0.39, 0.29) is 0 Å². The van der Waals surface area contributed by atoms with Crippen LogP contribution in [0.15, 0.2) is 0 Å². The normalized spacial score (nSPS) is 39.9. The van der Waals surface area contributed by atoms with E-state index in [1.54, 1.807) is 0 Å². The summed E-state index contributed by atoms with van der Waals surface area (Å²) in [5.41, 5.74) is 0.340. The molecule has 0 aromatic carbocycles. The van der Waals surface area contributed by atoms with Crippen LogP contribution in [0.2, 0.25) is 0 Å². The van der Waals surface area contributed by atoms with Crippen molar-refractivity contribution in [1.29, 1.82) is 0 Å². The quantitative estimate of drug-likeness (QED) is 0.817. The lowest BCUT2D eigenvalue weighted by Crippen LogP contribution is -2.63. The fraction of sp³-hybridized carbons (Fsp3) is 1.00. The average molecular weight is 281 g/mol. The van der Waals surface area contributed by atoms with Gasteiger partial charge in [-0.3, -0.25) is 4.90 Å². The van der Waals surface area contributed by atoms with Crippen molar-refractivity contribution in [3.63, 3.8) is 0 Å². The van der Waals surface area contributed by atoms with Gasteiger partial charge in [0.25, 0.3) is 0 Å². The molecule has 0 aromatic rings. The lowest BCUT2D eigenvalue weighted by molar-refractivity contribution is 0.0577. The zero-order valence-corrected chi connectivity index (χ0v) is 14.3. The second-order valence-electron chi connectivity index (χ2n) is 7.58. The van der Waals surface area contributed by atoms with E-state index in [0.717, 1.165) is 17.9 Å². The molecule has 2 atom stereocenters. The van der Waals surface area contributed by atoms with Gasteiger partial charge in [0.15, 0.2) is 0 Å². The topological polar surface area (TPSA) is 15.3 Å². The summed E-state index contributed by atoms with van der Waals surface area (Å²) < 4.78 is 0. The molecule has 2 unspecified atom stereocenters. The Morgan fingerprint density at radius 2 is 1.65 bits per heavy atom. The van der Waals surface area contributed by atoms with E-state index >= 15 is 0 Å². The van der Waals surface area contributed by atoms with Crippen molar-refractivity contribution in [1.82, 2.24) is 10.2 Å². The average Bonchev–Trinajstić information content (AvgIpc) is 2.48. The molecule has 118 valence electrons. The van der Waals surface area contributed by atoms with Gasteiger partial charge in [0.05, 0.1) is 0 Å². The molecule has 1 heterocycles. The molecule has 0 amide bonds. The van der Waals surface area contributed by atoms with Gasteiger partial charge in [0, 0.05) is 31.2 Å². The molecule has 2 rings (SSSR count). The van der Waals surface area contributed by atoms with E-state index in [0.29, 0.717) is 5.54 Å². The van der Waals surface area contributed by atoms with Gasteiger partial charge in [-0.25, -0.2) is 0 Å². The second kappa shape index (κ2) is 7.26. The smallest absolute Gasteiger partial charge is 0.0278 e. The second-order valence-corrected chi connectivity index (χ2v) is 7.58. The van der Waals surface area contributed by atoms with Crippen molar-refractivity contribution in [2.24, 2.45) is 11.8 Å². The minimum Gasteiger partial charge on any atom is -0.309 e. The summed E-state index contributed by atoms with van der Waals surface area (Å²) in [6.45, 7) is 13.2. The minimum absolute atomic E-state index is 0.340. The SMILES string of the molecule is CCC1CCC(CN2CC(C)(CC)NCC2CC)CC1. The summed E-state index contributed by atoms with van der Waals surface area (Å²) in [4.78, 5) is 2.82. The third-order valence-corrected chi connectivity index (χ3v) is 6.12. The molecule has 1 aliphatic heterocycles. The van der Waals surface area contributed by atoms with E-state index in [2.05, 4.69) is 37.9 Å². The molecule has 20 heavy (non-hydrogen) atoms. The highest BCUT2D eigenvalue weighted by molar-refractivity contribution is 4.94. The summed E-state index contributed by atoms with van der Waals surface area (Å²) in [7, 11) is 0. The fourth-order valence-electron chi connectivity index (χ4n) is 4.13. The van der Waals surface area contributed by atoms with Crippen molar-refractivity contribution in [3.05, 3.63) is 0 Å². The first-order valence-electron chi connectivity index (χ1n) is 9.09. The van der Waals surface area contributed by atoms with Crippen LogP contribution in [-0.4, -0.2) is 36.1 Å². The zero-order chi connectivity index (χ0) is 14.6. The predicted molar refractivity (Wildman–Crippen MR) is 88.1 cm³/mol. The van der Waals surface area contributed by atoms with Crippen LogP contribution >= 0.6 is 0 Å². The van der Waals surface area contributed by atoms with E-state index in [1.165, 1.54) is 64.6 Å². The van der Waals surface area contributed by atoms with Crippen molar-refractivity contribution >= 4 is 0 Å². The number of rotatable bonds is 5. The number of piperazine rings is 1. The molecule has 0 spiro atoms. The predicted octanol–water partition coefficient (Wildman–Crippen LogP) is 4.06. The summed E-state index contributed by atoms with van der Waals surface area (Å²) in [5, 5.41) is 3.79. The third-order valence-electron chi connectivity index (χ3n) is 6.12. The van der Waals surface area contributed by atoms with E-state index in [9.17, 15) is 0 Å². The Hall–Kier alpha value is -0.0800. The van der Waals surface area contributed by atoms with Gasteiger partial charge in [0.2, 0.25) is 0 Å². The Morgan fingerprint density at radius 1 is 1.00 bits per heavy atom. The highest BCUT2D eigenvalue weighted by Gasteiger charge is 2.35. The molecular formula is C18H36N2. The molecule has 2 aliphatic rings. The third kappa shape index (κ3) is 3.98. The van der Waals surface area contributed by atoms with Crippen LogP contribution in [0.3, 0.4) is 0 Å². The van der Waals surface area contributed by atoms with Gasteiger partial charge in [-0.15, -0.1) is 0 Å². The van der Waals surface area contributed by atoms with E-state index in [1.807, 2.05) is 0 Å². The van der Waals surface area contributed by atoms with Crippen LogP contribution in [0.1, 0.15) is 72.6 Å². The van der Waals surface area contributed by atoms with Gasteiger partial charge in [0.1, 0.15) is 0 Å². The number of hydrogen-bond donors (Lipinski definition) is 1. The molecule has 0 radical (unpaired) electrons. The number of nitrogens with zero attached hydrogens (tertiary/aromatic N) is 1.